The van der Waals surface area contributed by atoms with Gasteiger partial charge in [-0.15, -0.1) is 0 Å². The molecule has 0 atom stereocenters. The van der Waals surface area contributed by atoms with Crippen molar-refractivity contribution in [2.75, 3.05) is 0 Å². The second kappa shape index (κ2) is 4.97. The van der Waals surface area contributed by atoms with Gasteiger partial charge in [0.25, 0.3) is 0 Å². The van der Waals surface area contributed by atoms with Crippen LogP contribution in [0, 0.1) is 13.8 Å². The van der Waals surface area contributed by atoms with Gasteiger partial charge in [-0.3, -0.25) is 11.7 Å². The Bertz CT molecular complexity index is 167. The Balaban J connectivity index is 0.000000371. The van der Waals surface area contributed by atoms with Crippen LogP contribution in [0.3, 0.4) is 0 Å². The van der Waals surface area contributed by atoms with Gasteiger partial charge in [0, 0.05) is 0 Å². The lowest BCUT2D eigenvalue weighted by Gasteiger charge is -1.90. The number of nitrogens with two attached hydrogens (primary N) is 2. The smallest absolute Gasteiger partial charge is 0.0398 e. The highest BCUT2D eigenvalue weighted by molar-refractivity contribution is 5.20. The van der Waals surface area contributed by atoms with Gasteiger partial charge in [-0.05, 0) is 13.8 Å². The molecule has 0 aliphatic rings. The van der Waals surface area contributed by atoms with Crippen molar-refractivity contribution >= 4 is 0 Å². The first-order chi connectivity index (χ1) is 4.79. The van der Waals surface area contributed by atoms with Crippen LogP contribution in [0.2, 0.25) is 0 Å². The van der Waals surface area contributed by atoms with E-state index in [1.165, 1.54) is 11.1 Å². The molecule has 1 rings (SSSR count). The van der Waals surface area contributed by atoms with Crippen LogP contribution in [-0.4, -0.2) is 0 Å². The molecule has 0 saturated heterocycles. The summed E-state index contributed by atoms with van der Waals surface area (Å²) in [6.45, 7) is 4.21. The molecule has 2 heteroatoms. The third kappa shape index (κ3) is 3.22. The van der Waals surface area contributed by atoms with Gasteiger partial charge in [0.2, 0.25) is 0 Å². The Morgan fingerprint density at radius 3 is 1.60 bits per heavy atom. The second-order valence-electron chi connectivity index (χ2n) is 2.16. The molecule has 2 nitrogen and oxygen atoms in total. The van der Waals surface area contributed by atoms with Crippen molar-refractivity contribution in [2.45, 2.75) is 13.8 Å². The summed E-state index contributed by atoms with van der Waals surface area (Å²) in [6.07, 6.45) is 0. The van der Waals surface area contributed by atoms with E-state index < -0.39 is 0 Å². The monoisotopic (exact) mass is 138 g/mol. The fourth-order valence-corrected chi connectivity index (χ4v) is 0.807. The van der Waals surface area contributed by atoms with Crippen molar-refractivity contribution < 1.29 is 0 Å². The molecule has 10 heavy (non-hydrogen) atoms. The van der Waals surface area contributed by atoms with Crippen molar-refractivity contribution in [2.24, 2.45) is 11.7 Å². The van der Waals surface area contributed by atoms with Gasteiger partial charge < -0.3 is 0 Å². The van der Waals surface area contributed by atoms with Crippen molar-refractivity contribution in [1.82, 2.24) is 0 Å². The average Bonchev–Trinajstić information content (AvgIpc) is 1.91. The number of rotatable bonds is 0. The lowest BCUT2D eigenvalue weighted by atomic mass is 10.2. The molecule has 56 valence electrons. The second-order valence-corrected chi connectivity index (χ2v) is 2.16. The molecular weight excluding hydrogens is 124 g/mol. The summed E-state index contributed by atoms with van der Waals surface area (Å²) in [5.41, 5.74) is 2.68. The molecule has 4 N–H and O–H groups in total. The Morgan fingerprint density at radius 2 is 1.40 bits per heavy atom. The highest BCUT2D eigenvalue weighted by Gasteiger charge is 1.80. The highest BCUT2D eigenvalue weighted by Crippen LogP contribution is 2.00. The number of hydrogen-bond acceptors (Lipinski definition) is 2. The molecule has 1 aromatic rings. The molecule has 0 aliphatic carbocycles. The van der Waals surface area contributed by atoms with Crippen molar-refractivity contribution in [1.29, 1.82) is 0 Å². The summed E-state index contributed by atoms with van der Waals surface area (Å²) in [6, 6.07) is 8.45. The van der Waals surface area contributed by atoms with Crippen molar-refractivity contribution in [3.63, 3.8) is 0 Å². The summed E-state index contributed by atoms with van der Waals surface area (Å²) >= 11 is 0. The van der Waals surface area contributed by atoms with E-state index in [1.807, 2.05) is 0 Å². The van der Waals surface area contributed by atoms with Gasteiger partial charge in [-0.25, -0.2) is 0 Å². The van der Waals surface area contributed by atoms with Gasteiger partial charge in [-0.2, -0.15) is 0 Å². The fourth-order valence-electron chi connectivity index (χ4n) is 0.807. The molecule has 0 fully saturated rings. The number of aryl methyl sites for hydroxylation is 2. The summed E-state index contributed by atoms with van der Waals surface area (Å²) in [7, 11) is 0. The Morgan fingerprint density at radius 1 is 1.00 bits per heavy atom. The van der Waals surface area contributed by atoms with E-state index >= 15 is 0 Å². The van der Waals surface area contributed by atoms with E-state index in [9.17, 15) is 0 Å². The molecule has 0 heterocycles. The molecule has 0 aromatic heterocycles. The largest absolute Gasteiger partial charge is 0.274 e. The molecule has 0 bridgehead atoms. The van der Waals surface area contributed by atoms with Crippen LogP contribution in [0.15, 0.2) is 24.3 Å². The molecule has 0 saturated carbocycles. The van der Waals surface area contributed by atoms with Crippen LogP contribution in [0.1, 0.15) is 11.1 Å². The van der Waals surface area contributed by atoms with Crippen LogP contribution < -0.4 is 11.7 Å². The lowest BCUT2D eigenvalue weighted by Crippen LogP contribution is -2.02. The molecule has 0 aliphatic heterocycles. The molecule has 0 radical (unpaired) electrons. The Kier molecular flexibility index (Phi) is 4.54. The molecule has 1 aromatic carbocycles. The van der Waals surface area contributed by atoms with Gasteiger partial charge in [0.1, 0.15) is 0 Å². The summed E-state index contributed by atoms with van der Waals surface area (Å²) in [4.78, 5) is 0. The predicted molar refractivity (Wildman–Crippen MR) is 44.3 cm³/mol. The minimum Gasteiger partial charge on any atom is -0.274 e. The van der Waals surface area contributed by atoms with E-state index in [-0.39, 0.29) is 0 Å². The van der Waals surface area contributed by atoms with Crippen LogP contribution in [-0.2, 0) is 0 Å². The van der Waals surface area contributed by atoms with Crippen LogP contribution in [0.5, 0.6) is 0 Å². The first kappa shape index (κ1) is 9.14. The maximum absolute atomic E-state index is 4.00. The topological polar surface area (TPSA) is 52.0 Å². The van der Waals surface area contributed by atoms with Crippen molar-refractivity contribution in [3.05, 3.63) is 35.4 Å². The van der Waals surface area contributed by atoms with Gasteiger partial charge >= 0.3 is 0 Å². The quantitative estimate of drug-likeness (QED) is 0.417. The molecule has 0 spiro atoms. The van der Waals surface area contributed by atoms with Crippen LogP contribution in [0.4, 0.5) is 0 Å². The van der Waals surface area contributed by atoms with Gasteiger partial charge in [-0.1, -0.05) is 35.4 Å². The van der Waals surface area contributed by atoms with Crippen LogP contribution in [0.25, 0.3) is 0 Å². The third-order valence-electron chi connectivity index (χ3n) is 1.17. The van der Waals surface area contributed by atoms with E-state index in [2.05, 4.69) is 49.8 Å². The molecular formula is C8H14N2. The Labute approximate surface area is 61.8 Å². The molecule has 0 unspecified atom stereocenters. The average molecular weight is 138 g/mol. The van der Waals surface area contributed by atoms with E-state index in [4.69, 9.17) is 0 Å². The predicted octanol–water partition coefficient (Wildman–Crippen LogP) is 1.12. The summed E-state index contributed by atoms with van der Waals surface area (Å²) < 4.78 is 0. The zero-order chi connectivity index (χ0) is 7.98. The normalized spacial score (nSPS) is 8.00. The summed E-state index contributed by atoms with van der Waals surface area (Å²) in [5, 5.41) is 0. The van der Waals surface area contributed by atoms with Crippen LogP contribution >= 0.6 is 0 Å². The zero-order valence-electron chi connectivity index (χ0n) is 6.46. The Hall–Kier alpha value is -0.860. The maximum Gasteiger partial charge on any atom is -0.0398 e. The number of hydrazine groups is 1. The minimum absolute atomic E-state index is 1.34. The third-order valence-corrected chi connectivity index (χ3v) is 1.17. The highest BCUT2D eigenvalue weighted by atomic mass is 15.0. The first-order valence-corrected chi connectivity index (χ1v) is 3.15. The number of hydrogen-bond donors (Lipinski definition) is 2. The molecule has 0 amide bonds. The standard InChI is InChI=1S/C8H10.H4N2/c1-7-4-3-5-8(2)6-7;1-2/h3-6H,1-2H3;1-2H2. The van der Waals surface area contributed by atoms with E-state index in [0.29, 0.717) is 0 Å². The van der Waals surface area contributed by atoms with E-state index in [0.717, 1.165) is 0 Å². The summed E-state index contributed by atoms with van der Waals surface area (Å²) in [5.74, 6) is 8.00. The fraction of sp³-hybridized carbons (Fsp3) is 0.250. The van der Waals surface area contributed by atoms with Gasteiger partial charge in [0.15, 0.2) is 0 Å². The van der Waals surface area contributed by atoms with Crippen molar-refractivity contribution in [3.8, 4) is 0 Å². The zero-order valence-corrected chi connectivity index (χ0v) is 6.46. The minimum atomic E-state index is 1.34. The lowest BCUT2D eigenvalue weighted by molar-refractivity contribution is 1.26. The maximum atomic E-state index is 4.00. The van der Waals surface area contributed by atoms with E-state index in [1.54, 1.807) is 0 Å². The number of benzene rings is 1. The van der Waals surface area contributed by atoms with Gasteiger partial charge in [0.05, 0.1) is 0 Å². The first-order valence-electron chi connectivity index (χ1n) is 3.15. The SMILES string of the molecule is Cc1cccc(C)c1.NN.